The second-order valence-corrected chi connectivity index (χ2v) is 9.24. The van der Waals surface area contributed by atoms with Crippen LogP contribution in [0, 0.1) is 0 Å². The summed E-state index contributed by atoms with van der Waals surface area (Å²) >= 11 is 10.4. The first-order valence-electron chi connectivity index (χ1n) is 3.77. The Balaban J connectivity index is 5.63. The molecule has 0 unspecified atom stereocenters. The van der Waals surface area contributed by atoms with Crippen molar-refractivity contribution < 1.29 is 37.6 Å². The van der Waals surface area contributed by atoms with Gasteiger partial charge in [-0.3, -0.25) is 14.2 Å². The second kappa shape index (κ2) is 5.26. The summed E-state index contributed by atoms with van der Waals surface area (Å²) in [6, 6.07) is 0. The van der Waals surface area contributed by atoms with Crippen LogP contribution in [0.5, 0.6) is 0 Å². The van der Waals surface area contributed by atoms with E-state index >= 15 is 0 Å². The summed E-state index contributed by atoms with van der Waals surface area (Å²) in [6.45, 7) is 1.53. The van der Waals surface area contributed by atoms with Crippen molar-refractivity contribution in [2.75, 3.05) is 0 Å². The topological polar surface area (TPSA) is 127 Å². The van der Waals surface area contributed by atoms with Gasteiger partial charge in [-0.25, -0.2) is 4.57 Å². The van der Waals surface area contributed by atoms with Crippen molar-refractivity contribution in [1.82, 2.24) is 0 Å². The van der Waals surface area contributed by atoms with E-state index in [4.69, 9.17) is 33.0 Å². The molecule has 0 aliphatic heterocycles. The second-order valence-electron chi connectivity index (χ2n) is 2.72. The van der Waals surface area contributed by atoms with E-state index < -0.39 is 30.9 Å². The molecule has 8 nitrogen and oxygen atoms in total. The van der Waals surface area contributed by atoms with Crippen molar-refractivity contribution in [2.24, 2.45) is 0 Å². The van der Waals surface area contributed by atoms with Gasteiger partial charge in [-0.2, -0.15) is 0 Å². The molecule has 0 aromatic carbocycles. The Morgan fingerprint density at radius 1 is 1.06 bits per heavy atom. The van der Waals surface area contributed by atoms with Crippen LogP contribution in [-0.4, -0.2) is 25.5 Å². The normalized spacial score (nSPS) is 13.1. The molecule has 0 heterocycles. The van der Waals surface area contributed by atoms with Crippen molar-refractivity contribution in [3.05, 3.63) is 0 Å². The number of halogens is 2. The molecule has 0 bridgehead atoms. The summed E-state index contributed by atoms with van der Waals surface area (Å²) in [6.07, 6.45) is 0. The van der Waals surface area contributed by atoms with E-state index in [0.29, 0.717) is 0 Å². The van der Waals surface area contributed by atoms with Crippen LogP contribution in [0.1, 0.15) is 13.8 Å². The first kappa shape index (κ1) is 16.9. The largest absolute Gasteiger partial charge is 0.483 e. The van der Waals surface area contributed by atoms with Crippen LogP contribution < -0.4 is 0 Å². The van der Waals surface area contributed by atoms with Gasteiger partial charge in [0.25, 0.3) is 0 Å². The monoisotopic (exact) mass is 328 g/mol. The zero-order chi connectivity index (χ0) is 14.1. The summed E-state index contributed by atoms with van der Waals surface area (Å²) in [5, 5.41) is 0. The van der Waals surface area contributed by atoms with E-state index in [1.54, 1.807) is 0 Å². The van der Waals surface area contributed by atoms with Crippen molar-refractivity contribution >= 4 is 50.3 Å². The Morgan fingerprint density at radius 2 is 1.35 bits per heavy atom. The molecule has 0 saturated heterocycles. The molecule has 0 spiro atoms. The highest BCUT2D eigenvalue weighted by atomic mass is 35.5. The highest BCUT2D eigenvalue weighted by Crippen LogP contribution is 2.78. The van der Waals surface area contributed by atoms with Gasteiger partial charge in [0.15, 0.2) is 0 Å². The lowest BCUT2D eigenvalue weighted by atomic mass is 10.9. The highest BCUT2D eigenvalue weighted by Gasteiger charge is 2.65. The molecule has 0 atom stereocenters. The van der Waals surface area contributed by atoms with Gasteiger partial charge in [-0.15, -0.1) is 0 Å². The minimum absolute atomic E-state index is 0.764. The van der Waals surface area contributed by atoms with Gasteiger partial charge in [-0.1, -0.05) is 23.2 Å². The van der Waals surface area contributed by atoms with Crippen LogP contribution >= 0.6 is 38.4 Å². The molecule has 0 aliphatic rings. The van der Waals surface area contributed by atoms with Crippen molar-refractivity contribution in [3.8, 4) is 0 Å². The molecule has 0 saturated carbocycles. The van der Waals surface area contributed by atoms with Gasteiger partial charge in [-0.05, 0) is 0 Å². The van der Waals surface area contributed by atoms with Crippen LogP contribution in [0.2, 0.25) is 0 Å². The molecule has 0 amide bonds. The first-order valence-corrected chi connectivity index (χ1v) is 7.68. The third-order valence-electron chi connectivity index (χ3n) is 1.18. The Hall–Kier alpha value is -0.100. The van der Waals surface area contributed by atoms with Crippen molar-refractivity contribution in [1.29, 1.82) is 0 Å². The average molecular weight is 329 g/mol. The van der Waals surface area contributed by atoms with Crippen molar-refractivity contribution in [2.45, 2.75) is 17.7 Å². The Morgan fingerprint density at radius 3 is 1.53 bits per heavy atom. The zero-order valence-electron chi connectivity index (χ0n) is 8.49. The van der Waals surface area contributed by atoms with Crippen LogP contribution in [0.15, 0.2) is 0 Å². The molecule has 2 N–H and O–H groups in total. The lowest BCUT2D eigenvalue weighted by molar-refractivity contribution is -0.136. The van der Waals surface area contributed by atoms with Crippen LogP contribution in [0.25, 0.3) is 0 Å². The summed E-state index contributed by atoms with van der Waals surface area (Å²) in [5.74, 6) is -2.48. The molecule has 0 aromatic heterocycles. The fourth-order valence-corrected chi connectivity index (χ4v) is 3.50. The Labute approximate surface area is 106 Å². The quantitative estimate of drug-likeness (QED) is 0.588. The van der Waals surface area contributed by atoms with E-state index in [-0.39, 0.29) is 0 Å². The fraction of sp³-hybridized carbons (Fsp3) is 0.600. The summed E-state index contributed by atoms with van der Waals surface area (Å²) in [4.78, 5) is 38.9. The third kappa shape index (κ3) is 3.95. The molecule has 0 aromatic rings. The summed E-state index contributed by atoms with van der Waals surface area (Å²) < 4.78 is 27.5. The van der Waals surface area contributed by atoms with Crippen LogP contribution in [0.3, 0.4) is 0 Å². The van der Waals surface area contributed by atoms with E-state index in [0.717, 1.165) is 13.8 Å². The van der Waals surface area contributed by atoms with E-state index in [9.17, 15) is 18.7 Å². The molecule has 0 radical (unpaired) electrons. The summed E-state index contributed by atoms with van der Waals surface area (Å²) in [5.41, 5.74) is 0. The average Bonchev–Trinajstić information content (AvgIpc) is 1.97. The van der Waals surface area contributed by atoms with Crippen molar-refractivity contribution in [3.63, 3.8) is 0 Å². The van der Waals surface area contributed by atoms with E-state index in [1.165, 1.54) is 0 Å². The molecular weight excluding hydrogens is 321 g/mol. The summed E-state index contributed by atoms with van der Waals surface area (Å²) in [7, 11) is -10.5. The smallest absolute Gasteiger partial charge is 0.381 e. The molecule has 0 rings (SSSR count). The van der Waals surface area contributed by atoms with Crippen LogP contribution in [0.4, 0.5) is 0 Å². The number of hydrogen-bond donors (Lipinski definition) is 2. The van der Waals surface area contributed by atoms with Gasteiger partial charge in [0, 0.05) is 13.8 Å². The lowest BCUT2D eigenvalue weighted by Crippen LogP contribution is -2.20. The maximum absolute atomic E-state index is 11.9. The maximum Gasteiger partial charge on any atom is 0.483 e. The predicted octanol–water partition coefficient (Wildman–Crippen LogP) is 1.57. The maximum atomic E-state index is 11.9. The first-order chi connectivity index (χ1) is 7.33. The number of carbonyl (C=O) groups excluding carboxylic acids is 2. The van der Waals surface area contributed by atoms with Gasteiger partial charge in [0.2, 0.25) is 0 Å². The SMILES string of the molecule is CC(=O)OP(=O)(OC(C)=O)C(Cl)(Cl)P(=O)(O)O. The van der Waals surface area contributed by atoms with E-state index in [1.807, 2.05) is 0 Å². The molecular formula is C5H8Cl2O8P2. The predicted molar refractivity (Wildman–Crippen MR) is 57.6 cm³/mol. The molecule has 100 valence electrons. The van der Waals surface area contributed by atoms with Gasteiger partial charge < -0.3 is 18.8 Å². The van der Waals surface area contributed by atoms with Gasteiger partial charge in [0.1, 0.15) is 0 Å². The zero-order valence-corrected chi connectivity index (χ0v) is 11.8. The third-order valence-corrected chi connectivity index (χ3v) is 7.61. The molecule has 0 aliphatic carbocycles. The number of hydrogen-bond acceptors (Lipinski definition) is 6. The molecule has 17 heavy (non-hydrogen) atoms. The van der Waals surface area contributed by atoms with Crippen LogP contribution in [-0.2, 0) is 27.8 Å². The minimum Gasteiger partial charge on any atom is -0.381 e. The fourth-order valence-electron chi connectivity index (χ4n) is 0.626. The lowest BCUT2D eigenvalue weighted by Gasteiger charge is -2.27. The van der Waals surface area contributed by atoms with E-state index in [2.05, 4.69) is 9.05 Å². The number of carbonyl (C=O) groups is 2. The Kier molecular flexibility index (Phi) is 5.23. The van der Waals surface area contributed by atoms with Gasteiger partial charge >= 0.3 is 30.9 Å². The number of rotatable bonds is 4. The molecule has 12 heteroatoms. The van der Waals surface area contributed by atoms with Gasteiger partial charge in [0.05, 0.1) is 0 Å². The number of alkyl halides is 2. The highest BCUT2D eigenvalue weighted by molar-refractivity contribution is 7.79. The standard InChI is InChI=1S/C5H8Cl2O8P2/c1-3(8)14-17(13,15-4(2)9)5(6,7)16(10,11)12/h1-2H3,(H2,10,11,12). The Bertz CT molecular complexity index is 406. The minimum atomic E-state index is -5.39. The molecule has 0 fully saturated rings.